The molecule has 26 heavy (non-hydrogen) atoms. The average Bonchev–Trinajstić information content (AvgIpc) is 3.21. The van der Waals surface area contributed by atoms with E-state index in [1.807, 2.05) is 17.5 Å². The summed E-state index contributed by atoms with van der Waals surface area (Å²) in [7, 11) is 0. The molecular weight excluding hydrogens is 352 g/mol. The van der Waals surface area contributed by atoms with Gasteiger partial charge in [0, 0.05) is 39.0 Å². The lowest BCUT2D eigenvalue weighted by Crippen LogP contribution is -2.51. The van der Waals surface area contributed by atoms with Crippen molar-refractivity contribution >= 4 is 29.1 Å². The molecule has 2 heterocycles. The predicted octanol–water partition coefficient (Wildman–Crippen LogP) is 3.05. The number of thiophene rings is 1. The minimum atomic E-state index is -0.406. The molecule has 0 N–H and O–H groups in total. The lowest BCUT2D eigenvalue weighted by molar-refractivity contribution is -0.132. The first kappa shape index (κ1) is 18.1. The van der Waals surface area contributed by atoms with Crippen LogP contribution in [0.25, 0.3) is 0 Å². The van der Waals surface area contributed by atoms with Gasteiger partial charge in [-0.2, -0.15) is 0 Å². The van der Waals surface area contributed by atoms with Crippen molar-refractivity contribution in [2.75, 3.05) is 26.2 Å². The smallest absolute Gasteiger partial charge is 0.410 e. The highest BCUT2D eigenvalue weighted by Gasteiger charge is 2.25. The van der Waals surface area contributed by atoms with Gasteiger partial charge in [-0.15, -0.1) is 11.3 Å². The van der Waals surface area contributed by atoms with Gasteiger partial charge in [-0.05, 0) is 23.6 Å². The number of hydrogen-bond donors (Lipinski definition) is 0. The molecule has 0 atom stereocenters. The van der Waals surface area contributed by atoms with E-state index >= 15 is 0 Å². The third kappa shape index (κ3) is 4.70. The fourth-order valence-electron chi connectivity index (χ4n) is 2.73. The molecule has 6 nitrogen and oxygen atoms in total. The summed E-state index contributed by atoms with van der Waals surface area (Å²) in [6.45, 7) is 1.76. The van der Waals surface area contributed by atoms with Gasteiger partial charge in [0.15, 0.2) is 5.78 Å². The number of ether oxygens (including phenoxy) is 1. The molecule has 0 aliphatic carbocycles. The molecular formula is C19H20N2O4S. The lowest BCUT2D eigenvalue weighted by Gasteiger charge is -2.34. The van der Waals surface area contributed by atoms with Crippen molar-refractivity contribution in [3.8, 4) is 5.75 Å². The Labute approximate surface area is 156 Å². The molecule has 3 rings (SSSR count). The summed E-state index contributed by atoms with van der Waals surface area (Å²) < 4.78 is 5.31. The molecule has 0 unspecified atom stereocenters. The Morgan fingerprint density at radius 3 is 2.23 bits per heavy atom. The number of piperazine rings is 1. The number of ketones is 1. The molecule has 0 spiro atoms. The first-order valence-corrected chi connectivity index (χ1v) is 9.38. The van der Waals surface area contributed by atoms with Crippen LogP contribution in [0.5, 0.6) is 5.75 Å². The van der Waals surface area contributed by atoms with Crippen LogP contribution in [0, 0.1) is 0 Å². The summed E-state index contributed by atoms with van der Waals surface area (Å²) >= 11 is 1.39. The molecule has 1 saturated heterocycles. The quantitative estimate of drug-likeness (QED) is 0.757. The zero-order valence-corrected chi connectivity index (χ0v) is 15.1. The zero-order valence-electron chi connectivity index (χ0n) is 14.3. The fourth-order valence-corrected chi connectivity index (χ4v) is 3.43. The summed E-state index contributed by atoms with van der Waals surface area (Å²) in [5.74, 6) is 0.451. The maximum absolute atomic E-state index is 12.3. The molecule has 1 fully saturated rings. The van der Waals surface area contributed by atoms with Gasteiger partial charge in [0.05, 0.1) is 4.88 Å². The van der Waals surface area contributed by atoms with E-state index in [0.29, 0.717) is 36.8 Å². The molecule has 1 aliphatic rings. The van der Waals surface area contributed by atoms with Crippen LogP contribution in [0.15, 0.2) is 47.8 Å². The van der Waals surface area contributed by atoms with E-state index in [1.165, 1.54) is 11.3 Å². The van der Waals surface area contributed by atoms with E-state index in [1.54, 1.807) is 40.1 Å². The first-order valence-electron chi connectivity index (χ1n) is 8.50. The third-order valence-corrected chi connectivity index (χ3v) is 5.11. The molecule has 0 saturated carbocycles. The van der Waals surface area contributed by atoms with Crippen LogP contribution in [-0.4, -0.2) is 53.8 Å². The van der Waals surface area contributed by atoms with E-state index in [-0.39, 0.29) is 24.5 Å². The second-order valence-corrected chi connectivity index (χ2v) is 6.90. The summed E-state index contributed by atoms with van der Waals surface area (Å²) in [4.78, 5) is 40.4. The number of carbonyl (C=O) groups is 3. The Morgan fingerprint density at radius 2 is 1.58 bits per heavy atom. The molecule has 7 heteroatoms. The lowest BCUT2D eigenvalue weighted by atomic mass is 10.1. The maximum Gasteiger partial charge on any atom is 0.415 e. The summed E-state index contributed by atoms with van der Waals surface area (Å²) in [5.41, 5.74) is 0. The van der Waals surface area contributed by atoms with Crippen molar-refractivity contribution in [2.24, 2.45) is 0 Å². The highest BCUT2D eigenvalue weighted by molar-refractivity contribution is 7.12. The van der Waals surface area contributed by atoms with Crippen LogP contribution in [0.3, 0.4) is 0 Å². The average molecular weight is 372 g/mol. The number of para-hydroxylation sites is 1. The van der Waals surface area contributed by atoms with E-state index in [0.717, 1.165) is 0 Å². The van der Waals surface area contributed by atoms with Crippen molar-refractivity contribution in [2.45, 2.75) is 12.8 Å². The van der Waals surface area contributed by atoms with Gasteiger partial charge in [0.1, 0.15) is 5.75 Å². The number of benzene rings is 1. The summed E-state index contributed by atoms with van der Waals surface area (Å²) in [6.07, 6.45) is 0.0111. The van der Waals surface area contributed by atoms with Crippen molar-refractivity contribution < 1.29 is 19.1 Å². The van der Waals surface area contributed by atoms with Gasteiger partial charge in [-0.25, -0.2) is 4.79 Å². The first-order chi connectivity index (χ1) is 12.6. The number of amides is 2. The Hall–Kier alpha value is -2.67. The second kappa shape index (κ2) is 8.62. The van der Waals surface area contributed by atoms with Crippen molar-refractivity contribution in [1.29, 1.82) is 0 Å². The molecule has 1 aromatic carbocycles. The van der Waals surface area contributed by atoms with Crippen LogP contribution >= 0.6 is 11.3 Å². The highest BCUT2D eigenvalue weighted by Crippen LogP contribution is 2.15. The van der Waals surface area contributed by atoms with E-state index < -0.39 is 6.09 Å². The van der Waals surface area contributed by atoms with Gasteiger partial charge >= 0.3 is 6.09 Å². The molecule has 0 radical (unpaired) electrons. The number of rotatable bonds is 5. The minimum Gasteiger partial charge on any atom is -0.410 e. The van der Waals surface area contributed by atoms with Crippen LogP contribution in [0.1, 0.15) is 22.5 Å². The Balaban J connectivity index is 1.42. The molecule has 136 valence electrons. The van der Waals surface area contributed by atoms with Crippen molar-refractivity contribution in [3.63, 3.8) is 0 Å². The fraction of sp³-hybridized carbons (Fsp3) is 0.316. The number of carbonyl (C=O) groups excluding carboxylic acids is 3. The Kier molecular flexibility index (Phi) is 6.01. The van der Waals surface area contributed by atoms with Crippen LogP contribution in [0.4, 0.5) is 4.79 Å². The van der Waals surface area contributed by atoms with Crippen LogP contribution in [-0.2, 0) is 4.79 Å². The standard InChI is InChI=1S/C19H20N2O4S/c22-16(17-7-4-14-26-17)8-9-18(23)20-10-12-21(13-11-20)19(24)25-15-5-2-1-3-6-15/h1-7,14H,8-13H2. The molecule has 0 bridgehead atoms. The van der Waals surface area contributed by atoms with E-state index in [2.05, 4.69) is 0 Å². The van der Waals surface area contributed by atoms with Gasteiger partial charge < -0.3 is 14.5 Å². The predicted molar refractivity (Wildman–Crippen MR) is 98.5 cm³/mol. The zero-order chi connectivity index (χ0) is 18.4. The van der Waals surface area contributed by atoms with Gasteiger partial charge in [0.2, 0.25) is 5.91 Å². The largest absolute Gasteiger partial charge is 0.415 e. The molecule has 1 aliphatic heterocycles. The summed E-state index contributed by atoms with van der Waals surface area (Å²) in [5, 5.41) is 1.85. The normalized spacial score (nSPS) is 14.2. The number of nitrogens with zero attached hydrogens (tertiary/aromatic N) is 2. The van der Waals surface area contributed by atoms with Crippen LogP contribution in [0.2, 0.25) is 0 Å². The minimum absolute atomic E-state index is 0.00146. The summed E-state index contributed by atoms with van der Waals surface area (Å²) in [6, 6.07) is 12.5. The Bertz CT molecular complexity index is 753. The second-order valence-electron chi connectivity index (χ2n) is 5.95. The highest BCUT2D eigenvalue weighted by atomic mass is 32.1. The van der Waals surface area contributed by atoms with Gasteiger partial charge in [0.25, 0.3) is 0 Å². The number of Topliss-reactive ketones (excluding diaryl/α,β-unsaturated/α-hetero) is 1. The topological polar surface area (TPSA) is 66.9 Å². The molecule has 2 aromatic rings. The van der Waals surface area contributed by atoms with Crippen molar-refractivity contribution in [1.82, 2.24) is 9.80 Å². The maximum atomic E-state index is 12.3. The van der Waals surface area contributed by atoms with Gasteiger partial charge in [-0.1, -0.05) is 24.3 Å². The van der Waals surface area contributed by atoms with Crippen molar-refractivity contribution in [3.05, 3.63) is 52.7 Å². The SMILES string of the molecule is O=C(CCC(=O)N1CCN(C(=O)Oc2ccccc2)CC1)c1cccs1. The van der Waals surface area contributed by atoms with E-state index in [9.17, 15) is 14.4 Å². The van der Waals surface area contributed by atoms with Crippen LogP contribution < -0.4 is 4.74 Å². The molecule has 1 aromatic heterocycles. The molecule has 2 amide bonds. The monoisotopic (exact) mass is 372 g/mol. The number of hydrogen-bond acceptors (Lipinski definition) is 5. The van der Waals surface area contributed by atoms with E-state index in [4.69, 9.17) is 4.74 Å². The Morgan fingerprint density at radius 1 is 0.885 bits per heavy atom. The van der Waals surface area contributed by atoms with Gasteiger partial charge in [-0.3, -0.25) is 9.59 Å². The third-order valence-electron chi connectivity index (χ3n) is 4.20.